The summed E-state index contributed by atoms with van der Waals surface area (Å²) in [7, 11) is 0. The lowest BCUT2D eigenvalue weighted by Crippen LogP contribution is -2.18. The van der Waals surface area contributed by atoms with Crippen LogP contribution in [0.1, 0.15) is 40.0 Å². The number of carbonyl (C=O) groups excluding carboxylic acids is 1. The number of rotatable bonds is 2. The van der Waals surface area contributed by atoms with E-state index in [1.807, 2.05) is 6.07 Å². The molecule has 0 saturated heterocycles. The van der Waals surface area contributed by atoms with Gasteiger partial charge in [0.25, 0.3) is 0 Å². The molecule has 0 heterocycles. The molecule has 88 valence electrons. The van der Waals surface area contributed by atoms with Gasteiger partial charge in [-0.05, 0) is 43.6 Å². The van der Waals surface area contributed by atoms with E-state index in [-0.39, 0.29) is 5.57 Å². The average molecular weight is 221 g/mol. The minimum atomic E-state index is -0.457. The van der Waals surface area contributed by atoms with Crippen LogP contribution in [-0.4, -0.2) is 12.6 Å². The van der Waals surface area contributed by atoms with Crippen LogP contribution in [0, 0.1) is 23.2 Å². The van der Waals surface area contributed by atoms with Crippen molar-refractivity contribution >= 4 is 5.97 Å². The van der Waals surface area contributed by atoms with Gasteiger partial charge in [-0.1, -0.05) is 13.8 Å². The van der Waals surface area contributed by atoms with Gasteiger partial charge in [0, 0.05) is 0 Å². The lowest BCUT2D eigenvalue weighted by Gasteiger charge is -2.27. The largest absolute Gasteiger partial charge is 0.462 e. The molecular weight excluding hydrogens is 202 g/mol. The number of hydrogen-bond donors (Lipinski definition) is 0. The maximum atomic E-state index is 11.6. The molecule has 3 nitrogen and oxygen atoms in total. The van der Waals surface area contributed by atoms with Crippen LogP contribution in [0.4, 0.5) is 0 Å². The number of esters is 1. The number of nitrogens with zero attached hydrogens (tertiary/aromatic N) is 1. The average Bonchev–Trinajstić information content (AvgIpc) is 2.25. The topological polar surface area (TPSA) is 50.1 Å². The van der Waals surface area contributed by atoms with Gasteiger partial charge in [-0.3, -0.25) is 0 Å². The molecule has 1 aliphatic carbocycles. The molecule has 0 amide bonds. The summed E-state index contributed by atoms with van der Waals surface area (Å²) in [6.07, 6.45) is 2.76. The maximum Gasteiger partial charge on any atom is 0.348 e. The second kappa shape index (κ2) is 5.69. The molecule has 0 radical (unpaired) electrons. The minimum absolute atomic E-state index is 0.237. The van der Waals surface area contributed by atoms with Crippen LogP contribution in [0.2, 0.25) is 0 Å². The molecule has 0 bridgehead atoms. The Hall–Kier alpha value is -1.30. The van der Waals surface area contributed by atoms with E-state index in [9.17, 15) is 4.79 Å². The van der Waals surface area contributed by atoms with E-state index in [1.54, 1.807) is 6.92 Å². The first kappa shape index (κ1) is 12.8. The van der Waals surface area contributed by atoms with E-state index in [0.717, 1.165) is 24.8 Å². The predicted octanol–water partition coefficient (Wildman–Crippen LogP) is 2.83. The fourth-order valence-electron chi connectivity index (χ4n) is 2.08. The normalized spacial score (nSPS) is 28.1. The number of allylic oxidation sites excluding steroid dienone is 1. The summed E-state index contributed by atoms with van der Waals surface area (Å²) in [5.74, 6) is 0.758. The van der Waals surface area contributed by atoms with Crippen LogP contribution < -0.4 is 0 Å². The Morgan fingerprint density at radius 1 is 1.50 bits per heavy atom. The monoisotopic (exact) mass is 221 g/mol. The summed E-state index contributed by atoms with van der Waals surface area (Å²) in [5, 5.41) is 9.02. The summed E-state index contributed by atoms with van der Waals surface area (Å²) in [5.41, 5.74) is 1.21. The Bertz CT molecular complexity index is 338. The Balaban J connectivity index is 2.85. The van der Waals surface area contributed by atoms with Gasteiger partial charge in [-0.2, -0.15) is 5.26 Å². The van der Waals surface area contributed by atoms with E-state index in [2.05, 4.69) is 13.8 Å². The first-order chi connectivity index (χ1) is 7.60. The Morgan fingerprint density at radius 3 is 2.69 bits per heavy atom. The summed E-state index contributed by atoms with van der Waals surface area (Å²) in [6, 6.07) is 2.00. The molecule has 0 aliphatic heterocycles. The van der Waals surface area contributed by atoms with Crippen molar-refractivity contribution in [1.29, 1.82) is 5.26 Å². The first-order valence-corrected chi connectivity index (χ1v) is 5.89. The molecule has 0 spiro atoms. The minimum Gasteiger partial charge on any atom is -0.462 e. The van der Waals surface area contributed by atoms with Crippen LogP contribution in [-0.2, 0) is 9.53 Å². The van der Waals surface area contributed by atoms with Crippen LogP contribution in [0.15, 0.2) is 11.1 Å². The van der Waals surface area contributed by atoms with Crippen molar-refractivity contribution in [3.05, 3.63) is 11.1 Å². The third kappa shape index (κ3) is 2.85. The molecule has 3 heteroatoms. The molecule has 0 N–H and O–H groups in total. The van der Waals surface area contributed by atoms with E-state index >= 15 is 0 Å². The zero-order chi connectivity index (χ0) is 12.1. The zero-order valence-corrected chi connectivity index (χ0v) is 10.2. The second-order valence-electron chi connectivity index (χ2n) is 4.51. The van der Waals surface area contributed by atoms with Crippen LogP contribution in [0.3, 0.4) is 0 Å². The third-order valence-corrected chi connectivity index (χ3v) is 3.39. The van der Waals surface area contributed by atoms with Crippen molar-refractivity contribution < 1.29 is 9.53 Å². The van der Waals surface area contributed by atoms with Crippen molar-refractivity contribution in [2.75, 3.05) is 6.61 Å². The SMILES string of the molecule is CCOC(=O)/C(C#N)=C1\CCC(C)C(C)C1. The molecule has 1 rings (SSSR count). The third-order valence-electron chi connectivity index (χ3n) is 3.39. The molecule has 1 saturated carbocycles. The van der Waals surface area contributed by atoms with Gasteiger partial charge in [0.2, 0.25) is 0 Å². The van der Waals surface area contributed by atoms with Crippen molar-refractivity contribution in [1.82, 2.24) is 0 Å². The number of nitriles is 1. The van der Waals surface area contributed by atoms with Gasteiger partial charge in [0.1, 0.15) is 11.6 Å². The van der Waals surface area contributed by atoms with Gasteiger partial charge in [-0.25, -0.2) is 4.79 Å². The van der Waals surface area contributed by atoms with Crippen LogP contribution in [0.5, 0.6) is 0 Å². The molecule has 2 atom stereocenters. The Morgan fingerprint density at radius 2 is 2.19 bits per heavy atom. The van der Waals surface area contributed by atoms with Crippen molar-refractivity contribution in [2.24, 2.45) is 11.8 Å². The Kier molecular flexibility index (Phi) is 4.54. The van der Waals surface area contributed by atoms with Gasteiger partial charge < -0.3 is 4.74 Å². The van der Waals surface area contributed by atoms with Crippen molar-refractivity contribution in [2.45, 2.75) is 40.0 Å². The zero-order valence-electron chi connectivity index (χ0n) is 10.2. The molecule has 0 aromatic rings. The highest BCUT2D eigenvalue weighted by molar-refractivity contribution is 5.93. The van der Waals surface area contributed by atoms with Gasteiger partial charge in [0.05, 0.1) is 6.61 Å². The molecule has 1 aliphatic rings. The van der Waals surface area contributed by atoms with Crippen molar-refractivity contribution in [3.63, 3.8) is 0 Å². The molecular formula is C13H19NO2. The Labute approximate surface area is 97.1 Å². The smallest absolute Gasteiger partial charge is 0.348 e. The number of ether oxygens (including phenoxy) is 1. The molecule has 0 aromatic carbocycles. The van der Waals surface area contributed by atoms with E-state index < -0.39 is 5.97 Å². The predicted molar refractivity (Wildman–Crippen MR) is 61.5 cm³/mol. The fraction of sp³-hybridized carbons (Fsp3) is 0.692. The van der Waals surface area contributed by atoms with Crippen LogP contribution in [0.25, 0.3) is 0 Å². The van der Waals surface area contributed by atoms with Crippen LogP contribution >= 0.6 is 0 Å². The highest BCUT2D eigenvalue weighted by Gasteiger charge is 2.25. The summed E-state index contributed by atoms with van der Waals surface area (Å²) < 4.78 is 4.89. The lowest BCUT2D eigenvalue weighted by molar-refractivity contribution is -0.138. The van der Waals surface area contributed by atoms with Crippen molar-refractivity contribution in [3.8, 4) is 6.07 Å². The number of carbonyl (C=O) groups is 1. The quantitative estimate of drug-likeness (QED) is 0.409. The molecule has 1 fully saturated rings. The van der Waals surface area contributed by atoms with E-state index in [4.69, 9.17) is 10.00 Å². The summed E-state index contributed by atoms with van der Waals surface area (Å²) >= 11 is 0. The van der Waals surface area contributed by atoms with Gasteiger partial charge in [-0.15, -0.1) is 0 Å². The maximum absolute atomic E-state index is 11.6. The second-order valence-corrected chi connectivity index (χ2v) is 4.51. The molecule has 0 aromatic heterocycles. The lowest BCUT2D eigenvalue weighted by atomic mass is 9.77. The van der Waals surface area contributed by atoms with Gasteiger partial charge in [0.15, 0.2) is 0 Å². The standard InChI is InChI=1S/C13H19NO2/c1-4-16-13(15)12(8-14)11-6-5-9(2)10(3)7-11/h9-10H,4-7H2,1-3H3/b12-11+. The highest BCUT2D eigenvalue weighted by Crippen LogP contribution is 2.34. The number of hydrogen-bond acceptors (Lipinski definition) is 3. The van der Waals surface area contributed by atoms with E-state index in [0.29, 0.717) is 18.4 Å². The summed E-state index contributed by atoms with van der Waals surface area (Å²) in [4.78, 5) is 11.6. The molecule has 16 heavy (non-hydrogen) atoms. The first-order valence-electron chi connectivity index (χ1n) is 5.89. The molecule has 2 unspecified atom stereocenters. The fourth-order valence-corrected chi connectivity index (χ4v) is 2.08. The van der Waals surface area contributed by atoms with Gasteiger partial charge >= 0.3 is 5.97 Å². The highest BCUT2D eigenvalue weighted by atomic mass is 16.5. The van der Waals surface area contributed by atoms with E-state index in [1.165, 1.54) is 0 Å². The summed E-state index contributed by atoms with van der Waals surface area (Å²) in [6.45, 7) is 6.47.